The molecular formula is C21H14N2O3. The number of para-hydroxylation sites is 2. The van der Waals surface area contributed by atoms with Gasteiger partial charge in [-0.05, 0) is 24.3 Å². The van der Waals surface area contributed by atoms with Crippen LogP contribution >= 0.6 is 0 Å². The van der Waals surface area contributed by atoms with E-state index in [1.807, 2.05) is 30.3 Å². The monoisotopic (exact) mass is 342 g/mol. The third kappa shape index (κ3) is 3.10. The minimum atomic E-state index is -0.352. The van der Waals surface area contributed by atoms with E-state index in [-0.39, 0.29) is 17.7 Å². The number of carbonyl (C=O) groups excluding carboxylic acids is 2. The van der Waals surface area contributed by atoms with Gasteiger partial charge >= 0.3 is 6.01 Å². The second kappa shape index (κ2) is 6.64. The zero-order chi connectivity index (χ0) is 17.9. The van der Waals surface area contributed by atoms with Crippen LogP contribution in [0.25, 0.3) is 11.1 Å². The number of carbonyl (C=O) groups is 2. The van der Waals surface area contributed by atoms with Crippen molar-refractivity contribution in [1.29, 1.82) is 0 Å². The second-order valence-electron chi connectivity index (χ2n) is 5.71. The average Bonchev–Trinajstić information content (AvgIpc) is 3.10. The molecule has 5 nitrogen and oxygen atoms in total. The number of anilines is 1. The number of nitrogens with one attached hydrogen (secondary N) is 1. The molecule has 0 saturated heterocycles. The summed E-state index contributed by atoms with van der Waals surface area (Å²) in [4.78, 5) is 28.9. The molecule has 0 aliphatic carbocycles. The van der Waals surface area contributed by atoms with Gasteiger partial charge in [0, 0.05) is 16.7 Å². The first-order valence-electron chi connectivity index (χ1n) is 8.07. The van der Waals surface area contributed by atoms with Gasteiger partial charge in [0.25, 0.3) is 5.91 Å². The first-order valence-corrected chi connectivity index (χ1v) is 8.07. The van der Waals surface area contributed by atoms with Gasteiger partial charge < -0.3 is 4.42 Å². The molecular weight excluding hydrogens is 328 g/mol. The lowest BCUT2D eigenvalue weighted by Gasteiger charge is -2.04. The van der Waals surface area contributed by atoms with Crippen LogP contribution in [0, 0.1) is 0 Å². The van der Waals surface area contributed by atoms with E-state index in [1.165, 1.54) is 0 Å². The average molecular weight is 342 g/mol. The van der Waals surface area contributed by atoms with Gasteiger partial charge in [0.1, 0.15) is 5.52 Å². The Labute approximate surface area is 149 Å². The Balaban J connectivity index is 1.51. The van der Waals surface area contributed by atoms with Crippen molar-refractivity contribution < 1.29 is 14.0 Å². The molecule has 0 unspecified atom stereocenters. The van der Waals surface area contributed by atoms with Crippen LogP contribution in [0.5, 0.6) is 0 Å². The van der Waals surface area contributed by atoms with Crippen LogP contribution in [0.4, 0.5) is 6.01 Å². The highest BCUT2D eigenvalue weighted by Gasteiger charge is 2.13. The second-order valence-corrected chi connectivity index (χ2v) is 5.71. The third-order valence-electron chi connectivity index (χ3n) is 3.96. The molecule has 0 aliphatic heterocycles. The molecule has 3 aromatic carbocycles. The molecule has 0 fully saturated rings. The molecule has 0 bridgehead atoms. The van der Waals surface area contributed by atoms with Gasteiger partial charge in [-0.3, -0.25) is 14.9 Å². The van der Waals surface area contributed by atoms with Gasteiger partial charge in [-0.1, -0.05) is 54.6 Å². The maximum absolute atomic E-state index is 12.4. The van der Waals surface area contributed by atoms with Crippen LogP contribution in [-0.4, -0.2) is 16.7 Å². The van der Waals surface area contributed by atoms with Crippen molar-refractivity contribution >= 4 is 28.8 Å². The molecule has 1 aromatic heterocycles. The molecule has 1 N–H and O–H groups in total. The number of oxazole rings is 1. The van der Waals surface area contributed by atoms with Gasteiger partial charge in [-0.25, -0.2) is 0 Å². The number of benzene rings is 3. The summed E-state index contributed by atoms with van der Waals surface area (Å²) in [7, 11) is 0. The summed E-state index contributed by atoms with van der Waals surface area (Å²) < 4.78 is 5.48. The molecule has 1 heterocycles. The Hall–Kier alpha value is -3.73. The number of hydrogen-bond donors (Lipinski definition) is 1. The minimum absolute atomic E-state index is 0.0866. The minimum Gasteiger partial charge on any atom is -0.423 e. The molecule has 4 aromatic rings. The topological polar surface area (TPSA) is 72.2 Å². The van der Waals surface area contributed by atoms with Crippen LogP contribution in [0.1, 0.15) is 26.3 Å². The highest BCUT2D eigenvalue weighted by Crippen LogP contribution is 2.19. The lowest BCUT2D eigenvalue weighted by Crippen LogP contribution is -2.12. The highest BCUT2D eigenvalue weighted by atomic mass is 16.4. The smallest absolute Gasteiger partial charge is 0.302 e. The van der Waals surface area contributed by atoms with Crippen LogP contribution in [0.3, 0.4) is 0 Å². The van der Waals surface area contributed by atoms with Gasteiger partial charge in [0.15, 0.2) is 11.4 Å². The van der Waals surface area contributed by atoms with E-state index in [0.717, 1.165) is 0 Å². The van der Waals surface area contributed by atoms with E-state index in [9.17, 15) is 9.59 Å². The molecule has 1 amide bonds. The Morgan fingerprint density at radius 2 is 1.35 bits per heavy atom. The number of nitrogens with zero attached hydrogens (tertiary/aromatic N) is 1. The van der Waals surface area contributed by atoms with E-state index in [1.54, 1.807) is 48.5 Å². The number of amides is 1. The maximum Gasteiger partial charge on any atom is 0.302 e. The Bertz CT molecular complexity index is 1050. The Morgan fingerprint density at radius 1 is 0.731 bits per heavy atom. The summed E-state index contributed by atoms with van der Waals surface area (Å²) >= 11 is 0. The summed E-state index contributed by atoms with van der Waals surface area (Å²) in [6.45, 7) is 0. The van der Waals surface area contributed by atoms with Crippen LogP contribution in [0.15, 0.2) is 83.3 Å². The van der Waals surface area contributed by atoms with Crippen molar-refractivity contribution in [2.24, 2.45) is 0 Å². The zero-order valence-corrected chi connectivity index (χ0v) is 13.7. The van der Waals surface area contributed by atoms with Crippen molar-refractivity contribution in [1.82, 2.24) is 4.98 Å². The third-order valence-corrected chi connectivity index (χ3v) is 3.96. The predicted molar refractivity (Wildman–Crippen MR) is 98.3 cm³/mol. The van der Waals surface area contributed by atoms with Crippen molar-refractivity contribution in [3.63, 3.8) is 0 Å². The SMILES string of the molecule is O=C(Nc1nc2ccccc2o1)c1ccc(C(=O)c2ccccc2)cc1. The van der Waals surface area contributed by atoms with Crippen molar-refractivity contribution in [3.8, 4) is 0 Å². The largest absolute Gasteiger partial charge is 0.423 e. The molecule has 0 aliphatic rings. The molecule has 4 rings (SSSR count). The van der Waals surface area contributed by atoms with Crippen molar-refractivity contribution in [3.05, 3.63) is 95.6 Å². The fourth-order valence-electron chi connectivity index (χ4n) is 2.62. The summed E-state index contributed by atoms with van der Waals surface area (Å²) in [5, 5.41) is 2.63. The van der Waals surface area contributed by atoms with Crippen molar-refractivity contribution in [2.45, 2.75) is 0 Å². The van der Waals surface area contributed by atoms with E-state index >= 15 is 0 Å². The number of rotatable bonds is 4. The van der Waals surface area contributed by atoms with Crippen LogP contribution < -0.4 is 5.32 Å². The molecule has 0 atom stereocenters. The van der Waals surface area contributed by atoms with Crippen LogP contribution in [0.2, 0.25) is 0 Å². The maximum atomic E-state index is 12.4. The van der Waals surface area contributed by atoms with Gasteiger partial charge in [0.2, 0.25) is 0 Å². The lowest BCUT2D eigenvalue weighted by atomic mass is 10.0. The summed E-state index contributed by atoms with van der Waals surface area (Å²) in [6, 6.07) is 22.9. The number of aromatic nitrogens is 1. The van der Waals surface area contributed by atoms with E-state index in [4.69, 9.17) is 4.42 Å². The summed E-state index contributed by atoms with van der Waals surface area (Å²) in [6.07, 6.45) is 0. The molecule has 0 saturated carbocycles. The van der Waals surface area contributed by atoms with Gasteiger partial charge in [-0.15, -0.1) is 0 Å². The zero-order valence-electron chi connectivity index (χ0n) is 13.7. The van der Waals surface area contributed by atoms with E-state index < -0.39 is 0 Å². The fraction of sp³-hybridized carbons (Fsp3) is 0. The molecule has 5 heteroatoms. The van der Waals surface area contributed by atoms with Crippen LogP contribution in [-0.2, 0) is 0 Å². The van der Waals surface area contributed by atoms with E-state index in [0.29, 0.717) is 27.8 Å². The highest BCUT2D eigenvalue weighted by molar-refractivity contribution is 6.10. The van der Waals surface area contributed by atoms with Crippen molar-refractivity contribution in [2.75, 3.05) is 5.32 Å². The number of fused-ring (bicyclic) bond motifs is 1. The lowest BCUT2D eigenvalue weighted by molar-refractivity contribution is 0.101. The Kier molecular flexibility index (Phi) is 4.03. The number of hydrogen-bond acceptors (Lipinski definition) is 4. The molecule has 26 heavy (non-hydrogen) atoms. The number of ketones is 1. The van der Waals surface area contributed by atoms with E-state index in [2.05, 4.69) is 10.3 Å². The quantitative estimate of drug-likeness (QED) is 0.561. The fourth-order valence-corrected chi connectivity index (χ4v) is 2.62. The standard InChI is InChI=1S/C21H14N2O3/c24-19(14-6-2-1-3-7-14)15-10-12-16(13-11-15)20(25)23-21-22-17-8-4-5-9-18(17)26-21/h1-13H,(H,22,23,25). The molecule has 0 spiro atoms. The first-order chi connectivity index (χ1) is 12.7. The van der Waals surface area contributed by atoms with Gasteiger partial charge in [-0.2, -0.15) is 4.98 Å². The van der Waals surface area contributed by atoms with Gasteiger partial charge in [0.05, 0.1) is 0 Å². The molecule has 126 valence electrons. The Morgan fingerprint density at radius 3 is 2.08 bits per heavy atom. The molecule has 0 radical (unpaired) electrons. The normalized spacial score (nSPS) is 10.6. The predicted octanol–water partition coefficient (Wildman–Crippen LogP) is 4.31. The first kappa shape index (κ1) is 15.8. The summed E-state index contributed by atoms with van der Waals surface area (Å²) in [5.74, 6) is -0.438. The summed E-state index contributed by atoms with van der Waals surface area (Å²) in [5.41, 5.74) is 2.82.